The number of carbonyl (C=O) groups is 2. The number of nitrogens with one attached hydrogen (secondary N) is 1. The molecule has 0 aliphatic carbocycles. The molecule has 11 heteroatoms. The summed E-state index contributed by atoms with van der Waals surface area (Å²) in [5, 5.41) is 7.68. The van der Waals surface area contributed by atoms with Crippen LogP contribution in [0.25, 0.3) is 0 Å². The third kappa shape index (κ3) is 3.75. The van der Waals surface area contributed by atoms with Gasteiger partial charge in [-0.3, -0.25) is 4.79 Å². The molecule has 2 aliphatic rings. The van der Waals surface area contributed by atoms with Gasteiger partial charge in [-0.25, -0.2) is 18.6 Å². The van der Waals surface area contributed by atoms with E-state index in [0.29, 0.717) is 12.0 Å². The average Bonchev–Trinajstić information content (AvgIpc) is 3.32. The van der Waals surface area contributed by atoms with Gasteiger partial charge in [-0.15, -0.1) is 0 Å². The molecule has 4 rings (SSSR count). The number of hydrogen-bond acceptors (Lipinski definition) is 6. The molecule has 0 bridgehead atoms. The molecule has 1 aromatic heterocycles. The number of rotatable bonds is 4. The second-order valence-electron chi connectivity index (χ2n) is 6.60. The van der Waals surface area contributed by atoms with Gasteiger partial charge >= 0.3 is 12.1 Å². The van der Waals surface area contributed by atoms with Crippen molar-refractivity contribution in [2.45, 2.75) is 18.6 Å². The van der Waals surface area contributed by atoms with Gasteiger partial charge < -0.3 is 19.4 Å². The fourth-order valence-corrected chi connectivity index (χ4v) is 3.14. The smallest absolute Gasteiger partial charge is 0.394 e. The Kier molecular flexibility index (Phi) is 4.87. The standard InChI is InChI=1S/C18H17F2N5O4/c1-21-16(26)14-9-28-17(23-14)29-13-7-24(8-13)18(27)25-15(2-3-22-25)10-4-11(19)6-12(20)5-10/h3-6,9,13,15H,2,7-8H2,1H3,(H,21,26). The van der Waals surface area contributed by atoms with Crippen molar-refractivity contribution in [2.24, 2.45) is 5.10 Å². The van der Waals surface area contributed by atoms with Crippen LogP contribution in [0.1, 0.15) is 28.5 Å². The summed E-state index contributed by atoms with van der Waals surface area (Å²) in [6.45, 7) is 0.513. The van der Waals surface area contributed by atoms with Gasteiger partial charge in [-0.1, -0.05) is 0 Å². The molecule has 0 saturated carbocycles. The van der Waals surface area contributed by atoms with Crippen LogP contribution in [0.15, 0.2) is 34.0 Å². The number of ether oxygens (including phenoxy) is 1. The molecule has 2 aliphatic heterocycles. The Labute approximate surface area is 163 Å². The quantitative estimate of drug-likeness (QED) is 0.838. The van der Waals surface area contributed by atoms with Crippen molar-refractivity contribution in [1.82, 2.24) is 20.2 Å². The van der Waals surface area contributed by atoms with E-state index in [4.69, 9.17) is 9.15 Å². The van der Waals surface area contributed by atoms with Gasteiger partial charge in [0.15, 0.2) is 5.69 Å². The van der Waals surface area contributed by atoms with Gasteiger partial charge in [0.2, 0.25) is 0 Å². The number of hydrazone groups is 1. The number of halogens is 2. The van der Waals surface area contributed by atoms with E-state index in [-0.39, 0.29) is 31.0 Å². The number of benzene rings is 1. The average molecular weight is 405 g/mol. The maximum absolute atomic E-state index is 13.5. The van der Waals surface area contributed by atoms with Crippen LogP contribution in [0.5, 0.6) is 6.08 Å². The molecule has 152 valence electrons. The van der Waals surface area contributed by atoms with Crippen molar-refractivity contribution in [3.8, 4) is 6.08 Å². The lowest BCUT2D eigenvalue weighted by molar-refractivity contribution is 0.0117. The van der Waals surface area contributed by atoms with Crippen LogP contribution >= 0.6 is 0 Å². The lowest BCUT2D eigenvalue weighted by atomic mass is 10.0. The second kappa shape index (κ2) is 7.49. The molecule has 0 radical (unpaired) electrons. The molecule has 1 fully saturated rings. The van der Waals surface area contributed by atoms with Crippen LogP contribution in [-0.4, -0.2) is 59.3 Å². The molecule has 1 saturated heterocycles. The summed E-state index contributed by atoms with van der Waals surface area (Å²) < 4.78 is 37.6. The number of amides is 3. The van der Waals surface area contributed by atoms with E-state index in [1.807, 2.05) is 0 Å². The Hall–Kier alpha value is -3.50. The molecular formula is C18H17F2N5O4. The molecule has 29 heavy (non-hydrogen) atoms. The van der Waals surface area contributed by atoms with E-state index in [0.717, 1.165) is 6.07 Å². The molecule has 1 N–H and O–H groups in total. The van der Waals surface area contributed by atoms with Crippen LogP contribution in [0.4, 0.5) is 13.6 Å². The van der Waals surface area contributed by atoms with Crippen molar-refractivity contribution in [1.29, 1.82) is 0 Å². The van der Waals surface area contributed by atoms with E-state index < -0.39 is 29.6 Å². The number of likely N-dealkylation sites (tertiary alicyclic amines) is 1. The highest BCUT2D eigenvalue weighted by molar-refractivity contribution is 5.91. The van der Waals surface area contributed by atoms with Gasteiger partial charge in [-0.05, 0) is 17.7 Å². The molecule has 0 spiro atoms. The summed E-state index contributed by atoms with van der Waals surface area (Å²) in [5.74, 6) is -1.82. The van der Waals surface area contributed by atoms with Crippen molar-refractivity contribution < 1.29 is 27.5 Å². The molecule has 1 unspecified atom stereocenters. The predicted molar refractivity (Wildman–Crippen MR) is 95.3 cm³/mol. The van der Waals surface area contributed by atoms with Crippen molar-refractivity contribution in [3.63, 3.8) is 0 Å². The van der Waals surface area contributed by atoms with Crippen LogP contribution in [0, 0.1) is 11.6 Å². The fourth-order valence-electron chi connectivity index (χ4n) is 3.14. The van der Waals surface area contributed by atoms with E-state index in [1.54, 1.807) is 0 Å². The topological polar surface area (TPSA) is 100 Å². The highest BCUT2D eigenvalue weighted by Gasteiger charge is 2.39. The summed E-state index contributed by atoms with van der Waals surface area (Å²) in [5.41, 5.74) is 0.425. The van der Waals surface area contributed by atoms with Gasteiger partial charge in [0.05, 0.1) is 19.1 Å². The third-order valence-corrected chi connectivity index (χ3v) is 4.62. The van der Waals surface area contributed by atoms with Crippen molar-refractivity contribution >= 4 is 18.2 Å². The zero-order chi connectivity index (χ0) is 20.5. The van der Waals surface area contributed by atoms with Crippen molar-refractivity contribution in [2.75, 3.05) is 20.1 Å². The molecular weight excluding hydrogens is 388 g/mol. The fraction of sp³-hybridized carbons (Fsp3) is 0.333. The molecule has 2 aromatic rings. The Bertz CT molecular complexity index is 953. The van der Waals surface area contributed by atoms with Crippen LogP contribution < -0.4 is 10.1 Å². The Morgan fingerprint density at radius 3 is 2.66 bits per heavy atom. The number of hydrogen-bond donors (Lipinski definition) is 1. The number of oxazole rings is 1. The molecule has 9 nitrogen and oxygen atoms in total. The van der Waals surface area contributed by atoms with E-state index in [2.05, 4.69) is 15.4 Å². The lowest BCUT2D eigenvalue weighted by Crippen LogP contribution is -2.58. The van der Waals surface area contributed by atoms with Crippen LogP contribution in [0.3, 0.4) is 0 Å². The Balaban J connectivity index is 1.35. The maximum Gasteiger partial charge on any atom is 0.394 e. The third-order valence-electron chi connectivity index (χ3n) is 4.62. The number of carbonyl (C=O) groups excluding carboxylic acids is 2. The zero-order valence-electron chi connectivity index (χ0n) is 15.3. The zero-order valence-corrected chi connectivity index (χ0v) is 15.3. The largest absolute Gasteiger partial charge is 0.443 e. The summed E-state index contributed by atoms with van der Waals surface area (Å²) >= 11 is 0. The lowest BCUT2D eigenvalue weighted by Gasteiger charge is -2.40. The normalized spacial score (nSPS) is 18.7. The van der Waals surface area contributed by atoms with Crippen molar-refractivity contribution in [3.05, 3.63) is 47.4 Å². The van der Waals surface area contributed by atoms with Gasteiger partial charge in [0.1, 0.15) is 24.0 Å². The first-order valence-corrected chi connectivity index (χ1v) is 8.85. The second-order valence-corrected chi connectivity index (χ2v) is 6.60. The predicted octanol–water partition coefficient (Wildman–Crippen LogP) is 1.93. The minimum atomic E-state index is -0.709. The summed E-state index contributed by atoms with van der Waals surface area (Å²) in [4.78, 5) is 29.6. The first-order valence-electron chi connectivity index (χ1n) is 8.85. The van der Waals surface area contributed by atoms with Gasteiger partial charge in [0, 0.05) is 25.7 Å². The van der Waals surface area contributed by atoms with Crippen LogP contribution in [-0.2, 0) is 0 Å². The summed E-state index contributed by atoms with van der Waals surface area (Å²) in [6.07, 6.45) is 2.66. The van der Waals surface area contributed by atoms with Gasteiger partial charge in [0.25, 0.3) is 5.91 Å². The molecule has 3 heterocycles. The number of aromatic nitrogens is 1. The Morgan fingerprint density at radius 2 is 1.97 bits per heavy atom. The minimum Gasteiger partial charge on any atom is -0.443 e. The maximum atomic E-state index is 13.5. The Morgan fingerprint density at radius 1 is 1.24 bits per heavy atom. The van der Waals surface area contributed by atoms with Crippen LogP contribution in [0.2, 0.25) is 0 Å². The van der Waals surface area contributed by atoms with Gasteiger partial charge in [-0.2, -0.15) is 10.1 Å². The first-order chi connectivity index (χ1) is 13.9. The number of urea groups is 1. The SMILES string of the molecule is CNC(=O)c1coc(OC2CN(C(=O)N3N=CCC3c3cc(F)cc(F)c3)C2)n1. The molecule has 1 aromatic carbocycles. The van der Waals surface area contributed by atoms with E-state index in [9.17, 15) is 18.4 Å². The minimum absolute atomic E-state index is 0.0620. The first kappa shape index (κ1) is 18.8. The van der Waals surface area contributed by atoms with E-state index in [1.165, 1.54) is 41.6 Å². The molecule has 1 atom stereocenters. The summed E-state index contributed by atoms with van der Waals surface area (Å²) in [6, 6.07) is 2.19. The monoisotopic (exact) mass is 405 g/mol. The van der Waals surface area contributed by atoms with E-state index >= 15 is 0 Å². The summed E-state index contributed by atoms with van der Waals surface area (Å²) in [7, 11) is 1.47. The molecule has 3 amide bonds. The highest BCUT2D eigenvalue weighted by atomic mass is 19.1. The number of nitrogens with zero attached hydrogens (tertiary/aromatic N) is 4. The highest BCUT2D eigenvalue weighted by Crippen LogP contribution is 2.31.